The number of benzene rings is 1. The number of nitrogens with zero attached hydrogens (tertiary/aromatic N) is 6. The Balaban J connectivity index is 1.98. The van der Waals surface area contributed by atoms with Gasteiger partial charge in [0.2, 0.25) is 0 Å². The molecule has 3 rings (SSSR count). The fourth-order valence-corrected chi connectivity index (χ4v) is 3.35. The van der Waals surface area contributed by atoms with E-state index in [0.717, 1.165) is 44.1 Å². The van der Waals surface area contributed by atoms with Crippen molar-refractivity contribution in [3.05, 3.63) is 41.5 Å². The molecule has 0 saturated carbocycles. The number of hydrogen-bond donors (Lipinski definition) is 0. The van der Waals surface area contributed by atoms with E-state index in [1.165, 1.54) is 12.1 Å². The largest absolute Gasteiger partial charge is 0.301 e. The Hall–Kier alpha value is -1.86. The monoisotopic (exact) mass is 346 g/mol. The zero-order chi connectivity index (χ0) is 18.0. The quantitative estimate of drug-likeness (QED) is 0.850. The van der Waals surface area contributed by atoms with Gasteiger partial charge in [-0.1, -0.05) is 19.1 Å². The zero-order valence-corrected chi connectivity index (χ0v) is 15.5. The van der Waals surface area contributed by atoms with Gasteiger partial charge in [-0.3, -0.25) is 4.90 Å². The molecule has 0 spiro atoms. The van der Waals surface area contributed by atoms with Gasteiger partial charge in [-0.2, -0.15) is 0 Å². The van der Waals surface area contributed by atoms with Crippen LogP contribution in [0.4, 0.5) is 4.39 Å². The molecule has 1 unspecified atom stereocenters. The van der Waals surface area contributed by atoms with Crippen LogP contribution >= 0.6 is 0 Å². The van der Waals surface area contributed by atoms with E-state index in [0.29, 0.717) is 0 Å². The molecule has 7 heteroatoms. The second-order valence-electron chi connectivity index (χ2n) is 7.54. The highest BCUT2D eigenvalue weighted by atomic mass is 19.1. The van der Waals surface area contributed by atoms with Gasteiger partial charge in [0, 0.05) is 26.2 Å². The molecule has 6 nitrogen and oxygen atoms in total. The van der Waals surface area contributed by atoms with Crippen LogP contribution in [0.2, 0.25) is 0 Å². The maximum absolute atomic E-state index is 13.4. The van der Waals surface area contributed by atoms with Gasteiger partial charge >= 0.3 is 0 Å². The number of likely N-dealkylation sites (N-methyl/N-ethyl adjacent to an activating group) is 1. The van der Waals surface area contributed by atoms with Gasteiger partial charge in [-0.25, -0.2) is 9.07 Å². The van der Waals surface area contributed by atoms with Crippen molar-refractivity contribution in [2.45, 2.75) is 39.3 Å². The first-order valence-corrected chi connectivity index (χ1v) is 8.90. The van der Waals surface area contributed by atoms with Crippen LogP contribution in [-0.2, 0) is 5.54 Å². The molecule has 0 aliphatic carbocycles. The fourth-order valence-electron chi connectivity index (χ4n) is 3.35. The molecule has 1 atom stereocenters. The highest BCUT2D eigenvalue weighted by molar-refractivity contribution is 5.26. The molecule has 25 heavy (non-hydrogen) atoms. The second-order valence-corrected chi connectivity index (χ2v) is 7.54. The molecule has 0 N–H and O–H groups in total. The lowest BCUT2D eigenvalue weighted by molar-refractivity contribution is 0.106. The minimum absolute atomic E-state index is 0.0752. The van der Waals surface area contributed by atoms with Gasteiger partial charge in [0.25, 0.3) is 0 Å². The molecule has 1 saturated heterocycles. The van der Waals surface area contributed by atoms with Crippen LogP contribution in [0.1, 0.15) is 45.1 Å². The number of rotatable bonds is 4. The number of halogens is 1. The molecule has 136 valence electrons. The molecule has 2 aromatic rings. The summed E-state index contributed by atoms with van der Waals surface area (Å²) in [6.07, 6.45) is 0. The Kier molecular flexibility index (Phi) is 5.15. The third kappa shape index (κ3) is 3.88. The maximum atomic E-state index is 13.4. The van der Waals surface area contributed by atoms with E-state index in [9.17, 15) is 4.39 Å². The van der Waals surface area contributed by atoms with Gasteiger partial charge in [0.1, 0.15) is 5.82 Å². The van der Waals surface area contributed by atoms with Crippen LogP contribution in [0.5, 0.6) is 0 Å². The van der Waals surface area contributed by atoms with Crippen molar-refractivity contribution in [3.8, 4) is 0 Å². The average Bonchev–Trinajstić information content (AvgIpc) is 3.07. The third-order valence-corrected chi connectivity index (χ3v) is 4.78. The van der Waals surface area contributed by atoms with Crippen molar-refractivity contribution >= 4 is 0 Å². The summed E-state index contributed by atoms with van der Waals surface area (Å²) in [5.41, 5.74) is 0.800. The topological polar surface area (TPSA) is 50.1 Å². The lowest BCUT2D eigenvalue weighted by atomic mass is 10.0. The normalized spacial score (nSPS) is 18.4. The molecule has 1 aromatic carbocycles. The minimum Gasteiger partial charge on any atom is -0.301 e. The van der Waals surface area contributed by atoms with Gasteiger partial charge in [0.05, 0.1) is 11.6 Å². The first-order valence-electron chi connectivity index (χ1n) is 8.90. The summed E-state index contributed by atoms with van der Waals surface area (Å²) in [4.78, 5) is 4.83. The lowest BCUT2D eigenvalue weighted by Gasteiger charge is -2.39. The standard InChI is InChI=1S/C18H27FN6/c1-5-23-10-12-24(13-11-23)16(14-6-8-15(19)9-7-14)17-20-21-22-25(17)18(2,3)4/h6-9,16H,5,10-13H2,1-4H3. The van der Waals surface area contributed by atoms with E-state index in [1.54, 1.807) is 0 Å². The number of tetrazole rings is 1. The molecule has 0 bridgehead atoms. The highest BCUT2D eigenvalue weighted by Gasteiger charge is 2.32. The van der Waals surface area contributed by atoms with Crippen molar-refractivity contribution in [1.29, 1.82) is 0 Å². The molecule has 0 amide bonds. The third-order valence-electron chi connectivity index (χ3n) is 4.78. The summed E-state index contributed by atoms with van der Waals surface area (Å²) in [5.74, 6) is 0.581. The van der Waals surface area contributed by atoms with E-state index in [-0.39, 0.29) is 17.4 Å². The predicted octanol–water partition coefficient (Wildman–Crippen LogP) is 2.29. The van der Waals surface area contributed by atoms with Gasteiger partial charge < -0.3 is 4.90 Å². The fraction of sp³-hybridized carbons (Fsp3) is 0.611. The van der Waals surface area contributed by atoms with Crippen LogP contribution < -0.4 is 0 Å². The van der Waals surface area contributed by atoms with Crippen molar-refractivity contribution in [1.82, 2.24) is 30.0 Å². The zero-order valence-electron chi connectivity index (χ0n) is 15.5. The Morgan fingerprint density at radius 3 is 2.28 bits per heavy atom. The van der Waals surface area contributed by atoms with E-state index in [4.69, 9.17) is 0 Å². The summed E-state index contributed by atoms with van der Waals surface area (Å²) in [7, 11) is 0. The SMILES string of the molecule is CCN1CCN(C(c2ccc(F)cc2)c2nnnn2C(C)(C)C)CC1. The van der Waals surface area contributed by atoms with Crippen molar-refractivity contribution in [2.24, 2.45) is 0 Å². The molecular formula is C18H27FN6. The highest BCUT2D eigenvalue weighted by Crippen LogP contribution is 2.30. The molecule has 1 aromatic heterocycles. The summed E-state index contributed by atoms with van der Waals surface area (Å²) < 4.78 is 15.3. The summed E-state index contributed by atoms with van der Waals surface area (Å²) in [6.45, 7) is 13.4. The van der Waals surface area contributed by atoms with Crippen LogP contribution in [0.15, 0.2) is 24.3 Å². The summed E-state index contributed by atoms with van der Waals surface area (Å²) in [6, 6.07) is 6.63. The Labute approximate surface area is 148 Å². The van der Waals surface area contributed by atoms with Crippen molar-refractivity contribution in [3.63, 3.8) is 0 Å². The van der Waals surface area contributed by atoms with Crippen LogP contribution in [0.25, 0.3) is 0 Å². The minimum atomic E-state index is -0.228. The second kappa shape index (κ2) is 7.17. The Morgan fingerprint density at radius 1 is 1.08 bits per heavy atom. The molecule has 1 aliphatic heterocycles. The van der Waals surface area contributed by atoms with Crippen LogP contribution in [0, 0.1) is 5.82 Å². The first-order chi connectivity index (χ1) is 11.9. The van der Waals surface area contributed by atoms with E-state index in [1.807, 2.05) is 16.8 Å². The van der Waals surface area contributed by atoms with E-state index >= 15 is 0 Å². The Morgan fingerprint density at radius 2 is 1.72 bits per heavy atom. The molecule has 1 fully saturated rings. The van der Waals surface area contributed by atoms with Gasteiger partial charge in [0.15, 0.2) is 5.82 Å². The number of piperazine rings is 1. The smallest absolute Gasteiger partial charge is 0.173 e. The predicted molar refractivity (Wildman–Crippen MR) is 94.7 cm³/mol. The molecule has 0 radical (unpaired) electrons. The maximum Gasteiger partial charge on any atom is 0.173 e. The summed E-state index contributed by atoms with van der Waals surface area (Å²) in [5, 5.41) is 12.5. The van der Waals surface area contributed by atoms with Crippen molar-refractivity contribution in [2.75, 3.05) is 32.7 Å². The molecule has 1 aliphatic rings. The van der Waals surface area contributed by atoms with Crippen LogP contribution in [-0.4, -0.2) is 62.7 Å². The van der Waals surface area contributed by atoms with Crippen molar-refractivity contribution < 1.29 is 4.39 Å². The van der Waals surface area contributed by atoms with Gasteiger partial charge in [-0.05, 0) is 55.4 Å². The lowest BCUT2D eigenvalue weighted by Crippen LogP contribution is -2.48. The number of hydrogen-bond acceptors (Lipinski definition) is 5. The first kappa shape index (κ1) is 17.9. The van der Waals surface area contributed by atoms with Gasteiger partial charge in [-0.15, -0.1) is 5.10 Å². The Bertz CT molecular complexity index is 682. The average molecular weight is 346 g/mol. The molecular weight excluding hydrogens is 319 g/mol. The molecule has 2 heterocycles. The van der Waals surface area contributed by atoms with Crippen LogP contribution in [0.3, 0.4) is 0 Å². The van der Waals surface area contributed by atoms with E-state index in [2.05, 4.69) is 53.0 Å². The number of aromatic nitrogens is 4. The summed E-state index contributed by atoms with van der Waals surface area (Å²) >= 11 is 0. The van der Waals surface area contributed by atoms with E-state index < -0.39 is 0 Å².